The van der Waals surface area contributed by atoms with Crippen LogP contribution in [0.15, 0.2) is 40.7 Å². The van der Waals surface area contributed by atoms with Crippen molar-refractivity contribution in [3.05, 3.63) is 46.6 Å². The number of likely N-dealkylation sites (N-methyl/N-ethyl adjacent to an activating group) is 1. The lowest BCUT2D eigenvalue weighted by Gasteiger charge is -2.35. The third-order valence-electron chi connectivity index (χ3n) is 4.41. The van der Waals surface area contributed by atoms with Gasteiger partial charge in [0.2, 0.25) is 5.91 Å². The molecule has 0 spiro atoms. The molecule has 2 aromatic rings. The van der Waals surface area contributed by atoms with E-state index in [4.69, 9.17) is 11.6 Å². The Bertz CT molecular complexity index is 881. The van der Waals surface area contributed by atoms with Crippen LogP contribution in [0, 0.1) is 0 Å². The van der Waals surface area contributed by atoms with Crippen molar-refractivity contribution < 1.29 is 13.2 Å². The average Bonchev–Trinajstić information content (AvgIpc) is 3.10. The second-order valence-corrected chi connectivity index (χ2v) is 10.3. The molecule has 1 aliphatic rings. The largest absolute Gasteiger partial charge is 0.339 e. The predicted octanol–water partition coefficient (Wildman–Crippen LogP) is 1.76. The lowest BCUT2D eigenvalue weighted by atomic mass is 10.2. The molecule has 3 rings (SSSR count). The minimum absolute atomic E-state index is 0.142. The molecule has 0 saturated carbocycles. The number of rotatable bonds is 6. The van der Waals surface area contributed by atoms with Gasteiger partial charge in [-0.15, -0.1) is 11.3 Å². The predicted molar refractivity (Wildman–Crippen MR) is 105 cm³/mol. The first-order chi connectivity index (χ1) is 12.9. The number of sulfonamides is 1. The summed E-state index contributed by atoms with van der Waals surface area (Å²) in [4.78, 5) is 20.8. The first-order valence-corrected chi connectivity index (χ1v) is 11.1. The number of carbonyl (C=O) groups is 1. The van der Waals surface area contributed by atoms with Crippen molar-refractivity contribution >= 4 is 38.9 Å². The van der Waals surface area contributed by atoms with E-state index < -0.39 is 10.0 Å². The van der Waals surface area contributed by atoms with Crippen molar-refractivity contribution in [3.63, 3.8) is 0 Å². The molecule has 2 aromatic heterocycles. The van der Waals surface area contributed by atoms with Gasteiger partial charge in [-0.3, -0.25) is 14.7 Å². The Labute approximate surface area is 168 Å². The van der Waals surface area contributed by atoms with Crippen molar-refractivity contribution in [2.45, 2.75) is 10.8 Å². The molecule has 0 N–H and O–H groups in total. The zero-order valence-electron chi connectivity index (χ0n) is 14.9. The summed E-state index contributed by atoms with van der Waals surface area (Å²) >= 11 is 6.81. The van der Waals surface area contributed by atoms with Gasteiger partial charge in [-0.2, -0.15) is 4.31 Å². The Hall–Kier alpha value is -1.52. The van der Waals surface area contributed by atoms with Gasteiger partial charge in [0.25, 0.3) is 10.0 Å². The summed E-state index contributed by atoms with van der Waals surface area (Å²) < 4.78 is 26.6. The summed E-state index contributed by atoms with van der Waals surface area (Å²) in [7, 11) is -2.29. The number of carbonyl (C=O) groups excluding carboxylic acids is 1. The van der Waals surface area contributed by atoms with Gasteiger partial charge in [0, 0.05) is 46.0 Å². The second kappa shape index (κ2) is 8.66. The van der Waals surface area contributed by atoms with E-state index in [1.807, 2.05) is 18.2 Å². The zero-order valence-corrected chi connectivity index (χ0v) is 17.3. The lowest BCUT2D eigenvalue weighted by Crippen LogP contribution is -2.51. The summed E-state index contributed by atoms with van der Waals surface area (Å²) in [5.74, 6) is -0.193. The van der Waals surface area contributed by atoms with Gasteiger partial charge in [-0.05, 0) is 24.3 Å². The van der Waals surface area contributed by atoms with Crippen LogP contribution in [-0.2, 0) is 21.4 Å². The number of nitrogens with zero attached hydrogens (tertiary/aromatic N) is 4. The Balaban J connectivity index is 1.52. The first-order valence-electron chi connectivity index (χ1n) is 8.48. The van der Waals surface area contributed by atoms with E-state index in [2.05, 4.69) is 9.88 Å². The fraction of sp³-hybridized carbons (Fsp3) is 0.412. The van der Waals surface area contributed by atoms with Gasteiger partial charge in [-0.25, -0.2) is 8.42 Å². The van der Waals surface area contributed by atoms with Crippen molar-refractivity contribution in [3.8, 4) is 0 Å². The first kappa shape index (κ1) is 20.2. The number of piperazine rings is 1. The summed E-state index contributed by atoms with van der Waals surface area (Å²) in [6, 6.07) is 8.82. The molecule has 0 bridgehead atoms. The molecule has 0 aromatic carbocycles. The normalized spacial score (nSPS) is 16.0. The summed E-state index contributed by atoms with van der Waals surface area (Å²) in [5, 5.41) is 0. The van der Waals surface area contributed by atoms with Gasteiger partial charge in [0.15, 0.2) is 0 Å². The molecular formula is C17H21ClN4O3S2. The van der Waals surface area contributed by atoms with E-state index in [-0.39, 0.29) is 16.7 Å². The van der Waals surface area contributed by atoms with E-state index in [0.717, 1.165) is 41.0 Å². The number of amides is 1. The molecule has 3 heterocycles. The van der Waals surface area contributed by atoms with Crippen LogP contribution in [0.3, 0.4) is 0 Å². The fourth-order valence-electron chi connectivity index (χ4n) is 2.84. The van der Waals surface area contributed by atoms with E-state index in [0.29, 0.717) is 17.4 Å². The van der Waals surface area contributed by atoms with E-state index in [9.17, 15) is 13.2 Å². The quantitative estimate of drug-likeness (QED) is 0.700. The molecule has 1 fully saturated rings. The van der Waals surface area contributed by atoms with E-state index >= 15 is 0 Å². The minimum atomic E-state index is -3.70. The molecule has 7 nitrogen and oxygen atoms in total. The highest BCUT2D eigenvalue weighted by Gasteiger charge is 2.28. The van der Waals surface area contributed by atoms with Crippen molar-refractivity contribution in [2.75, 3.05) is 39.8 Å². The van der Waals surface area contributed by atoms with Crippen molar-refractivity contribution in [2.24, 2.45) is 0 Å². The molecule has 27 heavy (non-hydrogen) atoms. The Kier molecular flexibility index (Phi) is 6.48. The summed E-state index contributed by atoms with van der Waals surface area (Å²) in [5.41, 5.74) is 0.998. The van der Waals surface area contributed by atoms with E-state index in [1.165, 1.54) is 19.2 Å². The number of hydrogen-bond acceptors (Lipinski definition) is 6. The number of halogens is 1. The Morgan fingerprint density at radius 3 is 2.56 bits per heavy atom. The summed E-state index contributed by atoms with van der Waals surface area (Å²) in [6.45, 7) is 3.18. The maximum atomic E-state index is 12.5. The van der Waals surface area contributed by atoms with Crippen LogP contribution in [0.4, 0.5) is 0 Å². The molecule has 1 amide bonds. The topological polar surface area (TPSA) is 73.8 Å². The molecule has 0 radical (unpaired) electrons. The van der Waals surface area contributed by atoms with Gasteiger partial charge in [0.05, 0.1) is 16.6 Å². The van der Waals surface area contributed by atoms with Gasteiger partial charge in [0.1, 0.15) is 4.21 Å². The molecule has 0 unspecified atom stereocenters. The van der Waals surface area contributed by atoms with Crippen molar-refractivity contribution in [1.82, 2.24) is 19.1 Å². The lowest BCUT2D eigenvalue weighted by molar-refractivity contribution is -0.133. The molecule has 10 heteroatoms. The molecule has 146 valence electrons. The Morgan fingerprint density at radius 2 is 1.96 bits per heavy atom. The van der Waals surface area contributed by atoms with Gasteiger partial charge >= 0.3 is 0 Å². The SMILES string of the molecule is CN(CC(=O)N1CCN(Cc2ccccn2)CC1)S(=O)(=O)c1ccc(Cl)s1. The molecule has 0 aliphatic carbocycles. The highest BCUT2D eigenvalue weighted by molar-refractivity contribution is 7.91. The third kappa shape index (κ3) is 5.05. The van der Waals surface area contributed by atoms with Crippen LogP contribution in [-0.4, -0.2) is 73.2 Å². The smallest absolute Gasteiger partial charge is 0.252 e. The number of thiophene rings is 1. The van der Waals surface area contributed by atoms with Gasteiger partial charge in [-0.1, -0.05) is 17.7 Å². The maximum Gasteiger partial charge on any atom is 0.252 e. The third-order valence-corrected chi connectivity index (χ3v) is 7.91. The van der Waals surface area contributed by atoms with Crippen LogP contribution in [0.25, 0.3) is 0 Å². The average molecular weight is 429 g/mol. The van der Waals surface area contributed by atoms with Gasteiger partial charge < -0.3 is 4.90 Å². The Morgan fingerprint density at radius 1 is 1.22 bits per heavy atom. The summed E-state index contributed by atoms with van der Waals surface area (Å²) in [6.07, 6.45) is 1.77. The fourth-order valence-corrected chi connectivity index (χ4v) is 5.66. The zero-order chi connectivity index (χ0) is 19.4. The van der Waals surface area contributed by atoms with Crippen molar-refractivity contribution in [1.29, 1.82) is 0 Å². The highest BCUT2D eigenvalue weighted by atomic mass is 35.5. The van der Waals surface area contributed by atoms with Crippen LogP contribution in [0.5, 0.6) is 0 Å². The standard InChI is InChI=1S/C17H21ClN4O3S2/c1-20(27(24,25)17-6-5-15(18)26-17)13-16(23)22-10-8-21(9-11-22)12-14-4-2-3-7-19-14/h2-7H,8-13H2,1H3. The highest BCUT2D eigenvalue weighted by Crippen LogP contribution is 2.27. The number of aromatic nitrogens is 1. The van der Waals surface area contributed by atoms with Crippen LogP contribution in [0.2, 0.25) is 4.34 Å². The number of hydrogen-bond donors (Lipinski definition) is 0. The van der Waals surface area contributed by atoms with Crippen LogP contribution < -0.4 is 0 Å². The molecular weight excluding hydrogens is 408 g/mol. The minimum Gasteiger partial charge on any atom is -0.339 e. The van der Waals surface area contributed by atoms with E-state index in [1.54, 1.807) is 11.1 Å². The maximum absolute atomic E-state index is 12.5. The van der Waals surface area contributed by atoms with Crippen LogP contribution in [0.1, 0.15) is 5.69 Å². The number of pyridine rings is 1. The monoisotopic (exact) mass is 428 g/mol. The second-order valence-electron chi connectivity index (χ2n) is 6.30. The molecule has 1 aliphatic heterocycles. The molecule has 0 atom stereocenters. The van der Waals surface area contributed by atoms with Crippen LogP contribution >= 0.6 is 22.9 Å². The molecule has 1 saturated heterocycles.